The Kier molecular flexibility index (Phi) is 6.84. The Balaban J connectivity index is 0.00000242. The fourth-order valence-corrected chi connectivity index (χ4v) is 3.73. The molecule has 22 heavy (non-hydrogen) atoms. The molecule has 0 aliphatic heterocycles. The molecule has 1 aliphatic rings. The van der Waals surface area contributed by atoms with E-state index in [1.54, 1.807) is 24.3 Å². The van der Waals surface area contributed by atoms with Gasteiger partial charge in [-0.3, -0.25) is 4.79 Å². The summed E-state index contributed by atoms with van der Waals surface area (Å²) < 4.78 is 22.6. The first-order valence-electron chi connectivity index (χ1n) is 7.16. The third-order valence-corrected chi connectivity index (χ3v) is 4.78. The van der Waals surface area contributed by atoms with Crippen molar-refractivity contribution in [2.45, 2.75) is 25.0 Å². The maximum absolute atomic E-state index is 12.3. The van der Waals surface area contributed by atoms with Crippen LogP contribution in [0.25, 0.3) is 0 Å². The zero-order chi connectivity index (χ0) is 15.5. The fraction of sp³-hybridized carbons (Fsp3) is 0.533. The first-order valence-corrected chi connectivity index (χ1v) is 9.22. The normalized spacial score (nSPS) is 21.2. The van der Waals surface area contributed by atoms with Crippen LogP contribution in [0.5, 0.6) is 0 Å². The molecule has 0 unspecified atom stereocenters. The quantitative estimate of drug-likeness (QED) is 0.853. The van der Waals surface area contributed by atoms with Gasteiger partial charge in [-0.05, 0) is 43.0 Å². The number of rotatable bonds is 5. The lowest BCUT2D eigenvalue weighted by Crippen LogP contribution is -2.29. The molecule has 0 radical (unpaired) electrons. The van der Waals surface area contributed by atoms with Gasteiger partial charge < -0.3 is 11.1 Å². The van der Waals surface area contributed by atoms with Gasteiger partial charge in [0.2, 0.25) is 5.91 Å². The molecule has 1 amide bonds. The largest absolute Gasteiger partial charge is 0.330 e. The van der Waals surface area contributed by atoms with Crippen LogP contribution in [-0.2, 0) is 20.4 Å². The average Bonchev–Trinajstić information content (AvgIpc) is 2.85. The molecule has 5 nitrogen and oxygen atoms in total. The van der Waals surface area contributed by atoms with E-state index in [4.69, 9.17) is 5.73 Å². The minimum absolute atomic E-state index is 0. The summed E-state index contributed by atoms with van der Waals surface area (Å²) in [5.41, 5.74) is 7.02. The molecule has 2 atom stereocenters. The number of nitrogens with two attached hydrogens (primary N) is 1. The summed E-state index contributed by atoms with van der Waals surface area (Å²) in [6.45, 7) is 0.534. The number of nitrogens with one attached hydrogen (secondary N) is 1. The average molecular weight is 347 g/mol. The van der Waals surface area contributed by atoms with Crippen molar-refractivity contribution in [1.29, 1.82) is 0 Å². The highest BCUT2D eigenvalue weighted by molar-refractivity contribution is 7.89. The number of benzene rings is 1. The first kappa shape index (κ1) is 18.9. The molecule has 0 heterocycles. The van der Waals surface area contributed by atoms with E-state index in [0.29, 0.717) is 17.8 Å². The van der Waals surface area contributed by atoms with Gasteiger partial charge in [-0.2, -0.15) is 0 Å². The van der Waals surface area contributed by atoms with Crippen molar-refractivity contribution in [2.24, 2.45) is 17.6 Å². The van der Waals surface area contributed by atoms with Crippen LogP contribution < -0.4 is 11.1 Å². The predicted octanol–water partition coefficient (Wildman–Crippen LogP) is 1.97. The lowest BCUT2D eigenvalue weighted by atomic mass is 9.95. The van der Waals surface area contributed by atoms with Crippen LogP contribution in [0.15, 0.2) is 24.3 Å². The van der Waals surface area contributed by atoms with Gasteiger partial charge in [0.1, 0.15) is 0 Å². The molecule has 0 bridgehead atoms. The van der Waals surface area contributed by atoms with E-state index in [1.165, 1.54) is 6.26 Å². The Morgan fingerprint density at radius 3 is 2.73 bits per heavy atom. The summed E-state index contributed by atoms with van der Waals surface area (Å²) in [5, 5.41) is 2.89. The molecule has 1 aromatic rings. The van der Waals surface area contributed by atoms with Crippen LogP contribution in [0.4, 0.5) is 5.69 Å². The molecule has 0 saturated heterocycles. The number of halogens is 1. The summed E-state index contributed by atoms with van der Waals surface area (Å²) >= 11 is 0. The van der Waals surface area contributed by atoms with Crippen LogP contribution in [0.2, 0.25) is 0 Å². The molecule has 124 valence electrons. The van der Waals surface area contributed by atoms with Crippen LogP contribution in [0.1, 0.15) is 24.8 Å². The summed E-state index contributed by atoms with van der Waals surface area (Å²) in [6.07, 6.45) is 4.11. The Morgan fingerprint density at radius 2 is 2.09 bits per heavy atom. The summed E-state index contributed by atoms with van der Waals surface area (Å²) in [6, 6.07) is 6.99. The highest BCUT2D eigenvalue weighted by atomic mass is 35.5. The van der Waals surface area contributed by atoms with Crippen molar-refractivity contribution < 1.29 is 13.2 Å². The molecular formula is C15H23ClN2O3S. The van der Waals surface area contributed by atoms with Gasteiger partial charge in [0.15, 0.2) is 9.84 Å². The lowest BCUT2D eigenvalue weighted by molar-refractivity contribution is -0.120. The number of hydrogen-bond donors (Lipinski definition) is 2. The second kappa shape index (κ2) is 7.94. The van der Waals surface area contributed by atoms with Crippen molar-refractivity contribution in [1.82, 2.24) is 0 Å². The molecule has 3 N–H and O–H groups in total. The maximum Gasteiger partial charge on any atom is 0.227 e. The third-order valence-electron chi connectivity index (χ3n) is 3.92. The second-order valence-electron chi connectivity index (χ2n) is 5.79. The van der Waals surface area contributed by atoms with Crippen LogP contribution in [0.3, 0.4) is 0 Å². The minimum Gasteiger partial charge on any atom is -0.330 e. The van der Waals surface area contributed by atoms with Crippen LogP contribution in [0, 0.1) is 11.8 Å². The monoisotopic (exact) mass is 346 g/mol. The van der Waals surface area contributed by atoms with Gasteiger partial charge in [0.25, 0.3) is 0 Å². The number of hydrogen-bond acceptors (Lipinski definition) is 4. The summed E-state index contributed by atoms with van der Waals surface area (Å²) in [5.74, 6) is 0.184. The van der Waals surface area contributed by atoms with Gasteiger partial charge in [-0.15, -0.1) is 12.4 Å². The minimum atomic E-state index is -3.08. The number of carbonyl (C=O) groups is 1. The zero-order valence-electron chi connectivity index (χ0n) is 12.6. The summed E-state index contributed by atoms with van der Waals surface area (Å²) in [4.78, 5) is 12.3. The number of amides is 1. The summed E-state index contributed by atoms with van der Waals surface area (Å²) in [7, 11) is -3.08. The molecule has 0 spiro atoms. The Bertz CT molecular complexity index is 619. The molecule has 2 rings (SSSR count). The Labute approximate surface area is 138 Å². The van der Waals surface area contributed by atoms with E-state index in [9.17, 15) is 13.2 Å². The second-order valence-corrected chi connectivity index (χ2v) is 7.93. The van der Waals surface area contributed by atoms with Crippen molar-refractivity contribution in [2.75, 3.05) is 18.1 Å². The van der Waals surface area contributed by atoms with Crippen molar-refractivity contribution in [3.63, 3.8) is 0 Å². The SMILES string of the molecule is CS(=O)(=O)Cc1cccc(NC(=O)[C@@H]2CCC[C@@H]2CN)c1.Cl. The van der Waals surface area contributed by atoms with E-state index >= 15 is 0 Å². The van der Waals surface area contributed by atoms with Gasteiger partial charge in [-0.25, -0.2) is 8.42 Å². The van der Waals surface area contributed by atoms with Gasteiger partial charge >= 0.3 is 0 Å². The lowest BCUT2D eigenvalue weighted by Gasteiger charge is -2.17. The van der Waals surface area contributed by atoms with Crippen LogP contribution >= 0.6 is 12.4 Å². The molecular weight excluding hydrogens is 324 g/mol. The Hall–Kier alpha value is -1.11. The standard InChI is InChI=1S/C15H22N2O3S.ClH/c1-21(19,20)10-11-4-2-6-13(8-11)17-15(18)14-7-3-5-12(14)9-16;/h2,4,6,8,12,14H,3,5,7,9-10,16H2,1H3,(H,17,18);1H/t12-,14-;/m1./s1. The smallest absolute Gasteiger partial charge is 0.227 e. The fourth-order valence-electron chi connectivity index (χ4n) is 2.94. The van der Waals surface area contributed by atoms with E-state index in [2.05, 4.69) is 5.32 Å². The topological polar surface area (TPSA) is 89.3 Å². The highest BCUT2D eigenvalue weighted by Crippen LogP contribution is 2.31. The first-order chi connectivity index (χ1) is 9.89. The van der Waals surface area contributed by atoms with Gasteiger partial charge in [-0.1, -0.05) is 18.6 Å². The third kappa shape index (κ3) is 5.26. The maximum atomic E-state index is 12.3. The van der Waals surface area contributed by atoms with Crippen LogP contribution in [-0.4, -0.2) is 27.1 Å². The van der Waals surface area contributed by atoms with E-state index in [0.717, 1.165) is 19.3 Å². The van der Waals surface area contributed by atoms with Crippen molar-refractivity contribution in [3.8, 4) is 0 Å². The van der Waals surface area contributed by atoms with Crippen molar-refractivity contribution >= 4 is 33.8 Å². The highest BCUT2D eigenvalue weighted by Gasteiger charge is 2.31. The van der Waals surface area contributed by atoms with E-state index in [1.807, 2.05) is 0 Å². The van der Waals surface area contributed by atoms with E-state index < -0.39 is 9.84 Å². The molecule has 7 heteroatoms. The number of carbonyl (C=O) groups excluding carboxylic acids is 1. The van der Waals surface area contributed by atoms with Gasteiger partial charge in [0, 0.05) is 17.9 Å². The number of sulfone groups is 1. The van der Waals surface area contributed by atoms with E-state index in [-0.39, 0.29) is 35.9 Å². The molecule has 1 fully saturated rings. The molecule has 1 aromatic carbocycles. The molecule has 1 saturated carbocycles. The Morgan fingerprint density at radius 1 is 1.36 bits per heavy atom. The molecule has 1 aliphatic carbocycles. The number of anilines is 1. The zero-order valence-corrected chi connectivity index (χ0v) is 14.3. The van der Waals surface area contributed by atoms with Crippen molar-refractivity contribution in [3.05, 3.63) is 29.8 Å². The van der Waals surface area contributed by atoms with Gasteiger partial charge in [0.05, 0.1) is 5.75 Å². The molecule has 0 aromatic heterocycles. The predicted molar refractivity (Wildman–Crippen MR) is 90.8 cm³/mol.